The summed E-state index contributed by atoms with van der Waals surface area (Å²) in [7, 11) is 1.62. The van der Waals surface area contributed by atoms with Gasteiger partial charge in [0.15, 0.2) is 0 Å². The number of aromatic nitrogens is 1. The highest BCUT2D eigenvalue weighted by Crippen LogP contribution is 2.19. The molecule has 90 valence electrons. The third kappa shape index (κ3) is 3.07. The molecular weight excluding hydrogens is 216 g/mol. The van der Waals surface area contributed by atoms with Crippen LogP contribution in [0, 0.1) is 0 Å². The maximum atomic E-state index is 6.10. The van der Waals surface area contributed by atoms with E-state index in [-0.39, 0.29) is 6.04 Å². The second-order valence-electron chi connectivity index (χ2n) is 3.88. The first-order valence-electron chi connectivity index (χ1n) is 5.56. The maximum absolute atomic E-state index is 6.10. The molecule has 0 fully saturated rings. The van der Waals surface area contributed by atoms with Crippen LogP contribution in [0.5, 0.6) is 5.75 Å². The summed E-state index contributed by atoms with van der Waals surface area (Å²) >= 11 is 0. The minimum absolute atomic E-state index is 0.0531. The molecule has 2 N–H and O–H groups in total. The van der Waals surface area contributed by atoms with Crippen LogP contribution < -0.4 is 10.5 Å². The second-order valence-corrected chi connectivity index (χ2v) is 3.88. The summed E-state index contributed by atoms with van der Waals surface area (Å²) in [5, 5.41) is 0. The number of nitrogens with two attached hydrogens (primary N) is 1. The van der Waals surface area contributed by atoms with Gasteiger partial charge in [0.1, 0.15) is 11.5 Å². The van der Waals surface area contributed by atoms with E-state index < -0.39 is 0 Å². The number of hydrogen-bond acceptors (Lipinski definition) is 4. The quantitative estimate of drug-likeness (QED) is 0.859. The van der Waals surface area contributed by atoms with Crippen LogP contribution in [0.2, 0.25) is 0 Å². The van der Waals surface area contributed by atoms with Crippen LogP contribution in [-0.2, 0) is 6.42 Å². The number of ether oxygens (including phenoxy) is 1. The van der Waals surface area contributed by atoms with Gasteiger partial charge in [-0.25, -0.2) is 0 Å². The third-order valence-electron chi connectivity index (χ3n) is 2.68. The smallest absolute Gasteiger partial charge is 0.137 e. The number of furan rings is 1. The average molecular weight is 232 g/mol. The van der Waals surface area contributed by atoms with Gasteiger partial charge >= 0.3 is 0 Å². The molecule has 0 amide bonds. The number of rotatable bonds is 5. The van der Waals surface area contributed by atoms with E-state index >= 15 is 0 Å². The minimum atomic E-state index is -0.0531. The average Bonchev–Trinajstić information content (AvgIpc) is 2.89. The fourth-order valence-corrected chi connectivity index (χ4v) is 1.67. The van der Waals surface area contributed by atoms with E-state index in [4.69, 9.17) is 14.9 Å². The zero-order chi connectivity index (χ0) is 12.1. The van der Waals surface area contributed by atoms with Gasteiger partial charge in [-0.05, 0) is 30.2 Å². The largest absolute Gasteiger partial charge is 0.495 e. The summed E-state index contributed by atoms with van der Waals surface area (Å²) < 4.78 is 10.4. The van der Waals surface area contributed by atoms with Crippen LogP contribution in [-0.4, -0.2) is 12.1 Å². The Morgan fingerprint density at radius 1 is 1.47 bits per heavy atom. The molecule has 0 bridgehead atoms. The normalized spacial score (nSPS) is 12.4. The van der Waals surface area contributed by atoms with Crippen LogP contribution in [0.15, 0.2) is 41.3 Å². The lowest BCUT2D eigenvalue weighted by Gasteiger charge is -2.11. The monoisotopic (exact) mass is 232 g/mol. The van der Waals surface area contributed by atoms with E-state index in [9.17, 15) is 0 Å². The van der Waals surface area contributed by atoms with Crippen molar-refractivity contribution in [3.8, 4) is 5.75 Å². The number of nitrogens with zero attached hydrogens (tertiary/aromatic N) is 1. The number of hydrogen-bond donors (Lipinski definition) is 1. The summed E-state index contributed by atoms with van der Waals surface area (Å²) in [4.78, 5) is 4.09. The maximum Gasteiger partial charge on any atom is 0.137 e. The van der Waals surface area contributed by atoms with Gasteiger partial charge in [0.25, 0.3) is 0 Å². The molecule has 0 saturated carbocycles. The van der Waals surface area contributed by atoms with Crippen molar-refractivity contribution < 1.29 is 9.15 Å². The molecule has 0 spiro atoms. The number of pyridine rings is 1. The highest BCUT2D eigenvalue weighted by atomic mass is 16.5. The van der Waals surface area contributed by atoms with Gasteiger partial charge in [0, 0.05) is 18.7 Å². The van der Waals surface area contributed by atoms with Crippen molar-refractivity contribution in [1.82, 2.24) is 4.98 Å². The molecule has 1 atom stereocenters. The molecule has 0 aromatic carbocycles. The zero-order valence-corrected chi connectivity index (χ0v) is 9.80. The summed E-state index contributed by atoms with van der Waals surface area (Å²) in [6, 6.07) is 5.70. The number of methoxy groups -OCH3 is 1. The Hall–Kier alpha value is -1.81. The van der Waals surface area contributed by atoms with Crippen LogP contribution in [0.4, 0.5) is 0 Å². The Morgan fingerprint density at radius 3 is 3.06 bits per heavy atom. The standard InChI is InChI=1S/C13H16N2O2/c1-16-12-7-10(8-15-9-12)13(14)5-4-11-3-2-6-17-11/h2-3,6-9,13H,4-5,14H2,1H3. The predicted octanol–water partition coefficient (Wildman–Crippen LogP) is 2.32. The van der Waals surface area contributed by atoms with Gasteiger partial charge in [-0.2, -0.15) is 0 Å². The van der Waals surface area contributed by atoms with E-state index in [0.29, 0.717) is 0 Å². The Bertz CT molecular complexity index is 454. The summed E-state index contributed by atoms with van der Waals surface area (Å²) in [5.74, 6) is 1.69. The molecule has 2 aromatic heterocycles. The van der Waals surface area contributed by atoms with Gasteiger partial charge in [-0.15, -0.1) is 0 Å². The van der Waals surface area contributed by atoms with E-state index in [1.54, 1.807) is 25.8 Å². The van der Waals surface area contributed by atoms with Crippen molar-refractivity contribution >= 4 is 0 Å². The lowest BCUT2D eigenvalue weighted by atomic mass is 10.0. The molecule has 17 heavy (non-hydrogen) atoms. The van der Waals surface area contributed by atoms with Gasteiger partial charge in [-0.3, -0.25) is 4.98 Å². The van der Waals surface area contributed by atoms with Crippen molar-refractivity contribution in [2.45, 2.75) is 18.9 Å². The molecular formula is C13H16N2O2. The van der Waals surface area contributed by atoms with Crippen molar-refractivity contribution in [3.63, 3.8) is 0 Å². The third-order valence-corrected chi connectivity index (χ3v) is 2.68. The molecule has 4 heteroatoms. The Labute approximate surface area is 100 Å². The molecule has 2 rings (SSSR count). The fraction of sp³-hybridized carbons (Fsp3) is 0.308. The van der Waals surface area contributed by atoms with Gasteiger partial charge in [0.2, 0.25) is 0 Å². The van der Waals surface area contributed by atoms with Crippen LogP contribution >= 0.6 is 0 Å². The topological polar surface area (TPSA) is 61.3 Å². The molecule has 4 nitrogen and oxygen atoms in total. The van der Waals surface area contributed by atoms with Crippen LogP contribution in [0.3, 0.4) is 0 Å². The summed E-state index contributed by atoms with van der Waals surface area (Å²) in [6.07, 6.45) is 6.76. The fourth-order valence-electron chi connectivity index (χ4n) is 1.67. The first kappa shape index (κ1) is 11.7. The molecule has 0 radical (unpaired) electrons. The summed E-state index contributed by atoms with van der Waals surface area (Å²) in [5.41, 5.74) is 7.08. The number of aryl methyl sites for hydroxylation is 1. The highest BCUT2D eigenvalue weighted by molar-refractivity contribution is 5.25. The molecule has 0 saturated heterocycles. The lowest BCUT2D eigenvalue weighted by Crippen LogP contribution is -2.11. The minimum Gasteiger partial charge on any atom is -0.495 e. The highest BCUT2D eigenvalue weighted by Gasteiger charge is 2.08. The van der Waals surface area contributed by atoms with Crippen LogP contribution in [0.1, 0.15) is 23.8 Å². The Morgan fingerprint density at radius 2 is 2.35 bits per heavy atom. The predicted molar refractivity (Wildman–Crippen MR) is 64.7 cm³/mol. The van der Waals surface area contributed by atoms with Crippen molar-refractivity contribution in [2.24, 2.45) is 5.73 Å². The van der Waals surface area contributed by atoms with Crippen molar-refractivity contribution in [1.29, 1.82) is 0 Å². The van der Waals surface area contributed by atoms with Gasteiger partial charge < -0.3 is 14.9 Å². The molecule has 1 unspecified atom stereocenters. The molecule has 0 aliphatic heterocycles. The first-order chi connectivity index (χ1) is 8.29. The summed E-state index contributed by atoms with van der Waals surface area (Å²) in [6.45, 7) is 0. The second kappa shape index (κ2) is 5.50. The lowest BCUT2D eigenvalue weighted by molar-refractivity contribution is 0.411. The SMILES string of the molecule is COc1cncc(C(N)CCc2ccco2)c1. The Kier molecular flexibility index (Phi) is 3.77. The van der Waals surface area contributed by atoms with Gasteiger partial charge in [0.05, 0.1) is 19.6 Å². The van der Waals surface area contributed by atoms with Crippen LogP contribution in [0.25, 0.3) is 0 Å². The zero-order valence-electron chi connectivity index (χ0n) is 9.80. The Balaban J connectivity index is 1.96. The van der Waals surface area contributed by atoms with E-state index in [1.165, 1.54) is 0 Å². The molecule has 0 aliphatic rings. The van der Waals surface area contributed by atoms with Crippen molar-refractivity contribution in [2.75, 3.05) is 7.11 Å². The van der Waals surface area contributed by atoms with Crippen molar-refractivity contribution in [3.05, 3.63) is 48.2 Å². The first-order valence-corrected chi connectivity index (χ1v) is 5.56. The van der Waals surface area contributed by atoms with Gasteiger partial charge in [-0.1, -0.05) is 0 Å². The van der Waals surface area contributed by atoms with E-state index in [2.05, 4.69) is 4.98 Å². The molecule has 0 aliphatic carbocycles. The molecule has 2 heterocycles. The van der Waals surface area contributed by atoms with E-state index in [1.807, 2.05) is 18.2 Å². The van der Waals surface area contributed by atoms with E-state index in [0.717, 1.165) is 29.9 Å². The molecule has 2 aromatic rings.